The van der Waals surface area contributed by atoms with E-state index in [1.54, 1.807) is 11.3 Å². The molecular formula is C18H16N2O4S. The van der Waals surface area contributed by atoms with Crippen molar-refractivity contribution < 1.29 is 18.7 Å². The summed E-state index contributed by atoms with van der Waals surface area (Å²) in [5.74, 6) is 2.56. The molecule has 0 unspecified atom stereocenters. The molecule has 0 atom stereocenters. The minimum Gasteiger partial charge on any atom is -0.454 e. The fraction of sp³-hybridized carbons (Fsp3) is 0.222. The standard InChI is InChI=1S/C18H16N2O4S/c1-11-13(20-18(24-11)16-3-2-6-25-16)8-17(21)19-9-12-4-5-14-15(7-12)23-10-22-14/h2-7H,8-10H2,1H3,(H,19,21). The summed E-state index contributed by atoms with van der Waals surface area (Å²) in [6.07, 6.45) is 0.186. The Kier molecular flexibility index (Phi) is 4.15. The number of carbonyl (C=O) groups excluding carboxylic acids is 1. The van der Waals surface area contributed by atoms with Crippen LogP contribution in [0.4, 0.5) is 0 Å². The number of benzene rings is 1. The van der Waals surface area contributed by atoms with E-state index in [4.69, 9.17) is 13.9 Å². The van der Waals surface area contributed by atoms with Gasteiger partial charge in [-0.05, 0) is 36.1 Å². The summed E-state index contributed by atoms with van der Waals surface area (Å²) in [5, 5.41) is 4.86. The number of hydrogen-bond donors (Lipinski definition) is 1. The fourth-order valence-electron chi connectivity index (χ4n) is 2.56. The van der Waals surface area contributed by atoms with Crippen molar-refractivity contribution in [3.63, 3.8) is 0 Å². The lowest BCUT2D eigenvalue weighted by atomic mass is 10.2. The zero-order chi connectivity index (χ0) is 17.2. The van der Waals surface area contributed by atoms with Gasteiger partial charge in [-0.15, -0.1) is 11.3 Å². The Bertz CT molecular complexity index is 902. The quantitative estimate of drug-likeness (QED) is 0.759. The van der Waals surface area contributed by atoms with Crippen LogP contribution in [0.3, 0.4) is 0 Å². The molecule has 1 amide bonds. The number of nitrogens with zero attached hydrogens (tertiary/aromatic N) is 1. The molecular weight excluding hydrogens is 340 g/mol. The van der Waals surface area contributed by atoms with Crippen LogP contribution < -0.4 is 14.8 Å². The number of fused-ring (bicyclic) bond motifs is 1. The average molecular weight is 356 g/mol. The van der Waals surface area contributed by atoms with Crippen molar-refractivity contribution >= 4 is 17.2 Å². The molecule has 0 saturated heterocycles. The topological polar surface area (TPSA) is 73.6 Å². The summed E-state index contributed by atoms with van der Waals surface area (Å²) in [4.78, 5) is 17.6. The number of thiophene rings is 1. The highest BCUT2D eigenvalue weighted by molar-refractivity contribution is 7.13. The van der Waals surface area contributed by atoms with Crippen molar-refractivity contribution in [1.82, 2.24) is 10.3 Å². The molecule has 0 spiro atoms. The van der Waals surface area contributed by atoms with Gasteiger partial charge in [0.25, 0.3) is 0 Å². The minimum atomic E-state index is -0.105. The first-order valence-electron chi connectivity index (χ1n) is 7.84. The maximum Gasteiger partial charge on any atom is 0.236 e. The van der Waals surface area contributed by atoms with Crippen LogP contribution in [0.5, 0.6) is 11.5 Å². The Morgan fingerprint density at radius 1 is 1.28 bits per heavy atom. The van der Waals surface area contributed by atoms with Gasteiger partial charge in [-0.1, -0.05) is 12.1 Å². The zero-order valence-electron chi connectivity index (χ0n) is 13.6. The second-order valence-corrected chi connectivity index (χ2v) is 6.59. The van der Waals surface area contributed by atoms with E-state index in [9.17, 15) is 4.79 Å². The van der Waals surface area contributed by atoms with E-state index in [0.717, 1.165) is 16.2 Å². The van der Waals surface area contributed by atoms with Gasteiger partial charge < -0.3 is 19.2 Å². The Hall–Kier alpha value is -2.80. The Balaban J connectivity index is 1.38. The summed E-state index contributed by atoms with van der Waals surface area (Å²) < 4.78 is 16.3. The molecule has 0 fully saturated rings. The van der Waals surface area contributed by atoms with Gasteiger partial charge in [-0.3, -0.25) is 4.79 Å². The summed E-state index contributed by atoms with van der Waals surface area (Å²) >= 11 is 1.56. The molecule has 128 valence electrons. The summed E-state index contributed by atoms with van der Waals surface area (Å²) in [6, 6.07) is 9.51. The van der Waals surface area contributed by atoms with Crippen molar-refractivity contribution in [1.29, 1.82) is 0 Å². The first kappa shape index (κ1) is 15.7. The van der Waals surface area contributed by atoms with Crippen molar-refractivity contribution in [2.75, 3.05) is 6.79 Å². The van der Waals surface area contributed by atoms with Crippen LogP contribution in [0.15, 0.2) is 40.1 Å². The van der Waals surface area contributed by atoms with Crippen LogP contribution in [0.25, 0.3) is 10.8 Å². The minimum absolute atomic E-state index is 0.105. The van der Waals surface area contributed by atoms with Crippen LogP contribution in [0.1, 0.15) is 17.0 Å². The molecule has 1 aliphatic rings. The van der Waals surface area contributed by atoms with E-state index in [1.165, 1.54) is 0 Å². The van der Waals surface area contributed by atoms with Gasteiger partial charge in [0.1, 0.15) is 5.76 Å². The van der Waals surface area contributed by atoms with E-state index in [0.29, 0.717) is 29.6 Å². The number of rotatable bonds is 5. The molecule has 7 heteroatoms. The SMILES string of the molecule is Cc1oc(-c2cccs2)nc1CC(=O)NCc1ccc2c(c1)OCO2. The predicted molar refractivity (Wildman–Crippen MR) is 92.7 cm³/mol. The molecule has 0 bridgehead atoms. The number of hydrogen-bond acceptors (Lipinski definition) is 6. The Morgan fingerprint density at radius 2 is 2.16 bits per heavy atom. The molecule has 1 aliphatic heterocycles. The predicted octanol–water partition coefficient (Wildman–Crippen LogP) is 3.30. The zero-order valence-corrected chi connectivity index (χ0v) is 14.4. The monoisotopic (exact) mass is 356 g/mol. The second kappa shape index (κ2) is 6.60. The lowest BCUT2D eigenvalue weighted by molar-refractivity contribution is -0.120. The number of aryl methyl sites for hydroxylation is 1. The van der Waals surface area contributed by atoms with Crippen LogP contribution in [-0.2, 0) is 17.8 Å². The highest BCUT2D eigenvalue weighted by atomic mass is 32.1. The van der Waals surface area contributed by atoms with Crippen molar-refractivity contribution in [2.24, 2.45) is 0 Å². The van der Waals surface area contributed by atoms with Crippen molar-refractivity contribution in [2.45, 2.75) is 19.9 Å². The molecule has 2 aromatic heterocycles. The van der Waals surface area contributed by atoms with Crippen LogP contribution >= 0.6 is 11.3 Å². The average Bonchev–Trinajstić information content (AvgIpc) is 3.34. The molecule has 25 heavy (non-hydrogen) atoms. The molecule has 0 aliphatic carbocycles. The molecule has 3 heterocycles. The van der Waals surface area contributed by atoms with E-state index < -0.39 is 0 Å². The van der Waals surface area contributed by atoms with Gasteiger partial charge in [0.05, 0.1) is 17.0 Å². The molecule has 0 saturated carbocycles. The molecule has 4 rings (SSSR count). The summed E-state index contributed by atoms with van der Waals surface area (Å²) in [7, 11) is 0. The number of amides is 1. The molecule has 1 N–H and O–H groups in total. The Morgan fingerprint density at radius 3 is 3.00 bits per heavy atom. The van der Waals surface area contributed by atoms with E-state index in [1.807, 2.05) is 42.6 Å². The molecule has 1 aromatic carbocycles. The second-order valence-electron chi connectivity index (χ2n) is 5.64. The van der Waals surface area contributed by atoms with Gasteiger partial charge >= 0.3 is 0 Å². The fourth-order valence-corrected chi connectivity index (χ4v) is 3.21. The molecule has 0 radical (unpaired) electrons. The largest absolute Gasteiger partial charge is 0.454 e. The van der Waals surface area contributed by atoms with Crippen LogP contribution in [0.2, 0.25) is 0 Å². The van der Waals surface area contributed by atoms with Gasteiger partial charge in [0, 0.05) is 6.54 Å². The lowest BCUT2D eigenvalue weighted by Crippen LogP contribution is -2.24. The van der Waals surface area contributed by atoms with Crippen molar-refractivity contribution in [3.05, 3.63) is 52.7 Å². The number of aromatic nitrogens is 1. The number of carbonyl (C=O) groups is 1. The third-order valence-electron chi connectivity index (χ3n) is 3.88. The maximum absolute atomic E-state index is 12.2. The van der Waals surface area contributed by atoms with Crippen LogP contribution in [-0.4, -0.2) is 17.7 Å². The maximum atomic E-state index is 12.2. The number of ether oxygens (including phenoxy) is 2. The third kappa shape index (κ3) is 3.36. The van der Waals surface area contributed by atoms with Gasteiger partial charge in [0.2, 0.25) is 18.6 Å². The van der Waals surface area contributed by atoms with E-state index in [2.05, 4.69) is 10.3 Å². The first-order chi connectivity index (χ1) is 12.2. The number of nitrogens with one attached hydrogen (secondary N) is 1. The summed E-state index contributed by atoms with van der Waals surface area (Å²) in [5.41, 5.74) is 1.61. The normalized spacial score (nSPS) is 12.4. The number of oxazole rings is 1. The summed E-state index contributed by atoms with van der Waals surface area (Å²) in [6.45, 7) is 2.48. The first-order valence-corrected chi connectivity index (χ1v) is 8.72. The van der Waals surface area contributed by atoms with Crippen LogP contribution in [0, 0.1) is 6.92 Å². The molecule has 3 aromatic rings. The third-order valence-corrected chi connectivity index (χ3v) is 4.74. The Labute approximate surface area is 148 Å². The van der Waals surface area contributed by atoms with Gasteiger partial charge in [0.15, 0.2) is 11.5 Å². The van der Waals surface area contributed by atoms with Gasteiger partial charge in [-0.25, -0.2) is 4.98 Å². The highest BCUT2D eigenvalue weighted by Crippen LogP contribution is 2.32. The lowest BCUT2D eigenvalue weighted by Gasteiger charge is -2.05. The van der Waals surface area contributed by atoms with E-state index in [-0.39, 0.29) is 19.1 Å². The van der Waals surface area contributed by atoms with Crippen molar-refractivity contribution in [3.8, 4) is 22.3 Å². The smallest absolute Gasteiger partial charge is 0.236 e. The molecule has 6 nitrogen and oxygen atoms in total. The van der Waals surface area contributed by atoms with Gasteiger partial charge in [-0.2, -0.15) is 0 Å². The highest BCUT2D eigenvalue weighted by Gasteiger charge is 2.16. The van der Waals surface area contributed by atoms with E-state index >= 15 is 0 Å².